The Balaban J connectivity index is 2.92. The molecule has 0 aromatic carbocycles. The lowest BCUT2D eigenvalue weighted by atomic mass is 9.67. The maximum Gasteiger partial charge on any atom is 0.0339 e. The zero-order chi connectivity index (χ0) is 13.1. The minimum absolute atomic E-state index is 0.256. The number of hydrogen-bond acceptors (Lipinski definition) is 2. The van der Waals surface area contributed by atoms with Crippen LogP contribution in [0.4, 0.5) is 0 Å². The molecule has 2 heteroatoms. The normalized spacial score (nSPS) is 30.5. The van der Waals surface area contributed by atoms with Crippen LogP contribution in [0.1, 0.15) is 66.7 Å². The molecule has 2 atom stereocenters. The highest BCUT2D eigenvalue weighted by Gasteiger charge is 2.43. The Morgan fingerprint density at radius 1 is 1.24 bits per heavy atom. The van der Waals surface area contributed by atoms with Crippen LogP contribution in [-0.2, 0) is 0 Å². The van der Waals surface area contributed by atoms with E-state index in [0.717, 1.165) is 13.1 Å². The molecule has 0 bridgehead atoms. The second-order valence-corrected chi connectivity index (χ2v) is 6.67. The predicted octanol–water partition coefficient (Wildman–Crippen LogP) is 3.40. The molecule has 1 aliphatic rings. The van der Waals surface area contributed by atoms with Crippen LogP contribution < -0.4 is 5.73 Å². The van der Waals surface area contributed by atoms with E-state index >= 15 is 0 Å². The molecular formula is C15H32N2. The zero-order valence-corrected chi connectivity index (χ0v) is 12.6. The molecule has 0 heterocycles. The van der Waals surface area contributed by atoms with Gasteiger partial charge in [0.15, 0.2) is 0 Å². The fourth-order valence-electron chi connectivity index (χ4n) is 3.84. The summed E-state index contributed by atoms with van der Waals surface area (Å²) in [6, 6.07) is 0.650. The van der Waals surface area contributed by atoms with Crippen molar-refractivity contribution in [1.29, 1.82) is 0 Å². The molecule has 2 nitrogen and oxygen atoms in total. The summed E-state index contributed by atoms with van der Waals surface area (Å²) in [5.41, 5.74) is 6.90. The van der Waals surface area contributed by atoms with Crippen LogP contribution >= 0.6 is 0 Å². The summed E-state index contributed by atoms with van der Waals surface area (Å²) < 4.78 is 0. The molecule has 1 aliphatic carbocycles. The van der Waals surface area contributed by atoms with Gasteiger partial charge in [-0.1, -0.05) is 34.1 Å². The largest absolute Gasteiger partial charge is 0.329 e. The average Bonchev–Trinajstić information content (AvgIpc) is 2.28. The van der Waals surface area contributed by atoms with E-state index in [4.69, 9.17) is 5.73 Å². The van der Waals surface area contributed by atoms with Crippen molar-refractivity contribution in [2.45, 2.75) is 78.3 Å². The van der Waals surface area contributed by atoms with Crippen molar-refractivity contribution in [1.82, 2.24) is 4.90 Å². The number of nitrogens with zero attached hydrogens (tertiary/aromatic N) is 1. The second-order valence-electron chi connectivity index (χ2n) is 6.67. The van der Waals surface area contributed by atoms with Crippen LogP contribution in [0, 0.1) is 5.41 Å². The molecule has 1 fully saturated rings. The fourth-order valence-corrected chi connectivity index (χ4v) is 3.84. The van der Waals surface area contributed by atoms with Gasteiger partial charge in [-0.3, -0.25) is 4.90 Å². The smallest absolute Gasteiger partial charge is 0.0339 e. The van der Waals surface area contributed by atoms with Gasteiger partial charge in [0.25, 0.3) is 0 Å². The van der Waals surface area contributed by atoms with Crippen molar-refractivity contribution in [3.05, 3.63) is 0 Å². The van der Waals surface area contributed by atoms with E-state index in [1.807, 2.05) is 0 Å². The van der Waals surface area contributed by atoms with E-state index < -0.39 is 0 Å². The molecule has 17 heavy (non-hydrogen) atoms. The summed E-state index contributed by atoms with van der Waals surface area (Å²) in [4.78, 5) is 2.67. The SMILES string of the molecule is CCC(C)N(CC)C1(CN)CCCC(C)(C)C1. The fraction of sp³-hybridized carbons (Fsp3) is 1.00. The van der Waals surface area contributed by atoms with Crippen molar-refractivity contribution in [2.24, 2.45) is 11.1 Å². The lowest BCUT2D eigenvalue weighted by molar-refractivity contribution is -0.0117. The number of nitrogens with two attached hydrogens (primary N) is 1. The maximum absolute atomic E-state index is 6.19. The lowest BCUT2D eigenvalue weighted by Gasteiger charge is -2.52. The molecule has 102 valence electrons. The quantitative estimate of drug-likeness (QED) is 0.798. The van der Waals surface area contributed by atoms with Crippen LogP contribution in [0.25, 0.3) is 0 Å². The van der Waals surface area contributed by atoms with Gasteiger partial charge in [0, 0.05) is 18.1 Å². The van der Waals surface area contributed by atoms with E-state index in [1.54, 1.807) is 0 Å². The molecule has 0 aromatic rings. The van der Waals surface area contributed by atoms with Crippen molar-refractivity contribution >= 4 is 0 Å². The van der Waals surface area contributed by atoms with Gasteiger partial charge in [-0.05, 0) is 44.6 Å². The molecule has 1 saturated carbocycles. The van der Waals surface area contributed by atoms with Crippen LogP contribution in [0.15, 0.2) is 0 Å². The molecule has 1 rings (SSSR count). The Morgan fingerprint density at radius 3 is 2.29 bits per heavy atom. The van der Waals surface area contributed by atoms with Gasteiger partial charge in [-0.25, -0.2) is 0 Å². The van der Waals surface area contributed by atoms with Crippen LogP contribution in [0.3, 0.4) is 0 Å². The van der Waals surface area contributed by atoms with Crippen molar-refractivity contribution in [3.63, 3.8) is 0 Å². The highest BCUT2D eigenvalue weighted by Crippen LogP contribution is 2.44. The van der Waals surface area contributed by atoms with Crippen molar-refractivity contribution < 1.29 is 0 Å². The van der Waals surface area contributed by atoms with Crippen molar-refractivity contribution in [2.75, 3.05) is 13.1 Å². The number of hydrogen-bond donors (Lipinski definition) is 1. The summed E-state index contributed by atoms with van der Waals surface area (Å²) in [6.07, 6.45) is 6.44. The van der Waals surface area contributed by atoms with Gasteiger partial charge in [-0.15, -0.1) is 0 Å². The highest BCUT2D eigenvalue weighted by molar-refractivity contribution is 5.00. The Kier molecular flexibility index (Phi) is 5.03. The van der Waals surface area contributed by atoms with E-state index in [2.05, 4.69) is 39.5 Å². The standard InChI is InChI=1S/C15H32N2/c1-6-13(3)17(7-2)15(12-16)10-8-9-14(4,5)11-15/h13H,6-12,16H2,1-5H3. The van der Waals surface area contributed by atoms with E-state index in [1.165, 1.54) is 32.1 Å². The van der Waals surface area contributed by atoms with Gasteiger partial charge < -0.3 is 5.73 Å². The summed E-state index contributed by atoms with van der Waals surface area (Å²) in [6.45, 7) is 13.7. The van der Waals surface area contributed by atoms with Gasteiger partial charge >= 0.3 is 0 Å². The summed E-state index contributed by atoms with van der Waals surface area (Å²) in [5, 5.41) is 0. The second kappa shape index (κ2) is 5.71. The Hall–Kier alpha value is -0.0800. The Morgan fingerprint density at radius 2 is 1.88 bits per heavy atom. The monoisotopic (exact) mass is 240 g/mol. The van der Waals surface area contributed by atoms with Gasteiger partial charge in [0.2, 0.25) is 0 Å². The van der Waals surface area contributed by atoms with Crippen molar-refractivity contribution in [3.8, 4) is 0 Å². The predicted molar refractivity (Wildman–Crippen MR) is 76.2 cm³/mol. The minimum Gasteiger partial charge on any atom is -0.329 e. The third-order valence-corrected chi connectivity index (χ3v) is 4.76. The lowest BCUT2D eigenvalue weighted by Crippen LogP contribution is -2.60. The zero-order valence-electron chi connectivity index (χ0n) is 12.6. The number of likely N-dealkylation sites (N-methyl/N-ethyl adjacent to an activating group) is 1. The van der Waals surface area contributed by atoms with E-state index in [-0.39, 0.29) is 5.54 Å². The molecule has 0 aliphatic heterocycles. The van der Waals surface area contributed by atoms with Crippen LogP contribution in [0.2, 0.25) is 0 Å². The first kappa shape index (κ1) is 15.0. The summed E-state index contributed by atoms with van der Waals surface area (Å²) in [7, 11) is 0. The molecule has 0 spiro atoms. The third-order valence-electron chi connectivity index (χ3n) is 4.76. The van der Waals surface area contributed by atoms with Gasteiger partial charge in [-0.2, -0.15) is 0 Å². The number of rotatable bonds is 5. The first-order chi connectivity index (χ1) is 7.90. The molecule has 0 radical (unpaired) electrons. The minimum atomic E-state index is 0.256. The summed E-state index contributed by atoms with van der Waals surface area (Å²) >= 11 is 0. The summed E-state index contributed by atoms with van der Waals surface area (Å²) in [5.74, 6) is 0. The van der Waals surface area contributed by atoms with Crippen LogP contribution in [0.5, 0.6) is 0 Å². The topological polar surface area (TPSA) is 29.3 Å². The first-order valence-corrected chi connectivity index (χ1v) is 7.37. The Labute approximate surface area is 108 Å². The molecule has 0 amide bonds. The molecule has 0 aromatic heterocycles. The average molecular weight is 240 g/mol. The Bertz CT molecular complexity index is 237. The molecular weight excluding hydrogens is 208 g/mol. The maximum atomic E-state index is 6.19. The first-order valence-electron chi connectivity index (χ1n) is 7.37. The van der Waals surface area contributed by atoms with E-state index in [9.17, 15) is 0 Å². The van der Waals surface area contributed by atoms with Crippen LogP contribution in [-0.4, -0.2) is 29.6 Å². The molecule has 2 unspecified atom stereocenters. The third kappa shape index (κ3) is 3.23. The highest BCUT2D eigenvalue weighted by atomic mass is 15.2. The molecule has 2 N–H and O–H groups in total. The van der Waals surface area contributed by atoms with Gasteiger partial charge in [0.05, 0.1) is 0 Å². The molecule has 0 saturated heterocycles. The van der Waals surface area contributed by atoms with Gasteiger partial charge in [0.1, 0.15) is 0 Å². The van der Waals surface area contributed by atoms with E-state index in [0.29, 0.717) is 11.5 Å².